The van der Waals surface area contributed by atoms with E-state index in [0.29, 0.717) is 13.1 Å². The topological polar surface area (TPSA) is 62.3 Å². The van der Waals surface area contributed by atoms with Crippen molar-refractivity contribution in [1.29, 1.82) is 0 Å². The second-order valence-electron chi connectivity index (χ2n) is 6.37. The molecule has 6 heteroatoms. The fourth-order valence-corrected chi connectivity index (χ4v) is 5.80. The maximum atomic E-state index is 12.8. The van der Waals surface area contributed by atoms with Gasteiger partial charge in [-0.3, -0.25) is 0 Å². The fraction of sp³-hybridized carbons (Fsp3) is 0.688. The number of nitrogens with one attached hydrogen (secondary N) is 1. The lowest BCUT2D eigenvalue weighted by atomic mass is 9.92. The molecule has 1 aromatic heterocycles. The monoisotopic (exact) mass is 323 g/mol. The molecule has 3 rings (SSSR count). The van der Waals surface area contributed by atoms with Crippen molar-refractivity contribution < 1.29 is 8.42 Å². The fourth-order valence-electron chi connectivity index (χ4n) is 3.68. The number of pyridine rings is 1. The zero-order chi connectivity index (χ0) is 15.6. The maximum absolute atomic E-state index is 12.8. The van der Waals surface area contributed by atoms with E-state index >= 15 is 0 Å². The molecule has 2 heterocycles. The highest BCUT2D eigenvalue weighted by Crippen LogP contribution is 2.33. The summed E-state index contributed by atoms with van der Waals surface area (Å²) in [4.78, 5) is 4.24. The first kappa shape index (κ1) is 15.7. The van der Waals surface area contributed by atoms with Gasteiger partial charge in [-0.1, -0.05) is 12.8 Å². The average Bonchev–Trinajstić information content (AvgIpc) is 3.10. The number of anilines is 1. The van der Waals surface area contributed by atoms with Crippen molar-refractivity contribution in [2.45, 2.75) is 49.7 Å². The minimum Gasteiger partial charge on any atom is -0.373 e. The van der Waals surface area contributed by atoms with E-state index in [0.717, 1.165) is 44.3 Å². The highest BCUT2D eigenvalue weighted by Gasteiger charge is 2.36. The molecule has 1 aliphatic heterocycles. The first-order valence-corrected chi connectivity index (χ1v) is 9.74. The number of hydrogen-bond acceptors (Lipinski definition) is 4. The molecule has 0 bridgehead atoms. The predicted molar refractivity (Wildman–Crippen MR) is 88.5 cm³/mol. The number of hydrogen-bond donors (Lipinski definition) is 1. The molecule has 1 aliphatic carbocycles. The van der Waals surface area contributed by atoms with Crippen LogP contribution in [0.5, 0.6) is 0 Å². The van der Waals surface area contributed by atoms with E-state index in [2.05, 4.69) is 10.3 Å². The second kappa shape index (κ2) is 6.54. The van der Waals surface area contributed by atoms with Crippen LogP contribution in [0.2, 0.25) is 0 Å². The predicted octanol–water partition coefficient (Wildman–Crippen LogP) is 2.58. The summed E-state index contributed by atoms with van der Waals surface area (Å²) in [5.41, 5.74) is 1.19. The molecular formula is C16H25N3O2S. The molecule has 1 N–H and O–H groups in total. The van der Waals surface area contributed by atoms with Gasteiger partial charge in [-0.25, -0.2) is 17.7 Å². The van der Waals surface area contributed by atoms with Crippen molar-refractivity contribution >= 4 is 15.8 Å². The number of sulfonamides is 1. The average molecular weight is 323 g/mol. The van der Waals surface area contributed by atoms with Crippen LogP contribution in [0.1, 0.15) is 50.0 Å². The molecular weight excluding hydrogens is 298 g/mol. The summed E-state index contributed by atoms with van der Waals surface area (Å²) in [6.07, 6.45) is 7.56. The smallest absolute Gasteiger partial charge is 0.216 e. The molecule has 0 unspecified atom stereocenters. The van der Waals surface area contributed by atoms with E-state index in [4.69, 9.17) is 0 Å². The molecule has 0 spiro atoms. The van der Waals surface area contributed by atoms with E-state index in [9.17, 15) is 8.42 Å². The Balaban J connectivity index is 1.76. The third-order valence-electron chi connectivity index (χ3n) is 4.98. The van der Waals surface area contributed by atoms with E-state index < -0.39 is 10.0 Å². The van der Waals surface area contributed by atoms with Gasteiger partial charge in [0.1, 0.15) is 5.82 Å². The van der Waals surface area contributed by atoms with Crippen molar-refractivity contribution in [1.82, 2.24) is 9.29 Å². The van der Waals surface area contributed by atoms with Crippen molar-refractivity contribution in [3.8, 4) is 0 Å². The summed E-state index contributed by atoms with van der Waals surface area (Å²) in [5, 5.41) is 2.91. The molecule has 2 fully saturated rings. The van der Waals surface area contributed by atoms with Crippen LogP contribution in [0, 0.1) is 0 Å². The van der Waals surface area contributed by atoms with Gasteiger partial charge in [-0.2, -0.15) is 0 Å². The molecule has 0 radical (unpaired) electrons. The van der Waals surface area contributed by atoms with Crippen molar-refractivity contribution in [3.63, 3.8) is 0 Å². The minimum atomic E-state index is -3.12. The van der Waals surface area contributed by atoms with Crippen LogP contribution < -0.4 is 5.32 Å². The summed E-state index contributed by atoms with van der Waals surface area (Å²) in [6, 6.07) is 4.05. The molecule has 122 valence electrons. The lowest BCUT2D eigenvalue weighted by Gasteiger charge is -2.34. The van der Waals surface area contributed by atoms with Crippen LogP contribution in [-0.2, 0) is 10.0 Å². The molecule has 0 amide bonds. The van der Waals surface area contributed by atoms with Gasteiger partial charge in [0.25, 0.3) is 0 Å². The van der Waals surface area contributed by atoms with Gasteiger partial charge in [0.2, 0.25) is 10.0 Å². The molecule has 22 heavy (non-hydrogen) atoms. The standard InChI is InChI=1S/C16H25N3O2S/c1-17-16-11-13(8-9-18-16)14-5-4-10-19(12-14)22(20,21)15-6-2-3-7-15/h8-9,11,14-15H,2-7,10,12H2,1H3,(H,17,18)/t14-/m0/s1. The van der Waals surface area contributed by atoms with Gasteiger partial charge < -0.3 is 5.32 Å². The summed E-state index contributed by atoms with van der Waals surface area (Å²) < 4.78 is 27.3. The normalized spacial score (nSPS) is 24.5. The van der Waals surface area contributed by atoms with E-state index in [1.54, 1.807) is 10.5 Å². The summed E-state index contributed by atoms with van der Waals surface area (Å²) >= 11 is 0. The van der Waals surface area contributed by atoms with Gasteiger partial charge >= 0.3 is 0 Å². The second-order valence-corrected chi connectivity index (χ2v) is 8.59. The quantitative estimate of drug-likeness (QED) is 0.925. The van der Waals surface area contributed by atoms with E-state index in [1.165, 1.54) is 5.56 Å². The van der Waals surface area contributed by atoms with E-state index in [-0.39, 0.29) is 11.2 Å². The van der Waals surface area contributed by atoms with Crippen LogP contribution in [0.15, 0.2) is 18.3 Å². The van der Waals surface area contributed by atoms with Gasteiger partial charge in [0, 0.05) is 26.3 Å². The van der Waals surface area contributed by atoms with Crippen LogP contribution >= 0.6 is 0 Å². The first-order chi connectivity index (χ1) is 10.6. The zero-order valence-electron chi connectivity index (χ0n) is 13.2. The molecule has 2 aliphatic rings. The van der Waals surface area contributed by atoms with Gasteiger partial charge in [-0.05, 0) is 49.3 Å². The lowest BCUT2D eigenvalue weighted by molar-refractivity contribution is 0.312. The lowest BCUT2D eigenvalue weighted by Crippen LogP contribution is -2.43. The Morgan fingerprint density at radius 1 is 1.23 bits per heavy atom. The molecule has 1 saturated heterocycles. The van der Waals surface area contributed by atoms with Crippen molar-refractivity contribution in [2.75, 3.05) is 25.5 Å². The van der Waals surface area contributed by atoms with Crippen LogP contribution in [0.3, 0.4) is 0 Å². The summed E-state index contributed by atoms with van der Waals surface area (Å²) in [5.74, 6) is 1.12. The Labute approximate surface area is 133 Å². The third kappa shape index (κ3) is 3.13. The Bertz CT molecular complexity index is 612. The summed E-state index contributed by atoms with van der Waals surface area (Å²) in [6.45, 7) is 1.30. The number of rotatable bonds is 4. The molecule has 0 aromatic carbocycles. The van der Waals surface area contributed by atoms with Gasteiger partial charge in [0.15, 0.2) is 0 Å². The van der Waals surface area contributed by atoms with Crippen molar-refractivity contribution in [3.05, 3.63) is 23.9 Å². The van der Waals surface area contributed by atoms with Gasteiger partial charge in [0.05, 0.1) is 5.25 Å². The maximum Gasteiger partial charge on any atom is 0.216 e. The van der Waals surface area contributed by atoms with Crippen molar-refractivity contribution in [2.24, 2.45) is 0 Å². The van der Waals surface area contributed by atoms with Crippen LogP contribution in [0.25, 0.3) is 0 Å². The zero-order valence-corrected chi connectivity index (χ0v) is 14.0. The largest absolute Gasteiger partial charge is 0.373 e. The van der Waals surface area contributed by atoms with Gasteiger partial charge in [-0.15, -0.1) is 0 Å². The van der Waals surface area contributed by atoms with E-state index in [1.807, 2.05) is 19.2 Å². The number of piperidine rings is 1. The highest BCUT2D eigenvalue weighted by atomic mass is 32.2. The van der Waals surface area contributed by atoms with Crippen LogP contribution in [-0.4, -0.2) is 43.1 Å². The summed E-state index contributed by atoms with van der Waals surface area (Å²) in [7, 11) is -1.27. The Hall–Kier alpha value is -1.14. The molecule has 1 atom stereocenters. The number of nitrogens with zero attached hydrogens (tertiary/aromatic N) is 2. The van der Waals surface area contributed by atoms with Crippen LogP contribution in [0.4, 0.5) is 5.82 Å². The SMILES string of the molecule is CNc1cc([C@H]2CCCN(S(=O)(=O)C3CCCC3)C2)ccn1. The Morgan fingerprint density at radius 2 is 2.00 bits per heavy atom. The highest BCUT2D eigenvalue weighted by molar-refractivity contribution is 7.89. The number of aromatic nitrogens is 1. The Morgan fingerprint density at radius 3 is 2.73 bits per heavy atom. The molecule has 5 nitrogen and oxygen atoms in total. The first-order valence-electron chi connectivity index (χ1n) is 8.24. The Kier molecular flexibility index (Phi) is 4.68. The minimum absolute atomic E-state index is 0.142. The molecule has 1 saturated carbocycles. The third-order valence-corrected chi connectivity index (χ3v) is 7.34. The molecule has 1 aromatic rings.